The second-order valence-electron chi connectivity index (χ2n) is 6.26. The van der Waals surface area contributed by atoms with E-state index in [0.29, 0.717) is 24.9 Å². The fourth-order valence-electron chi connectivity index (χ4n) is 2.78. The SMILES string of the molecule is CC(CCC(=O)O)CNC(=O)N(C)C1CCCC(C)C1. The highest BCUT2D eigenvalue weighted by molar-refractivity contribution is 5.74. The molecule has 0 radical (unpaired) electrons. The number of carbonyl (C=O) groups is 2. The highest BCUT2D eigenvalue weighted by Gasteiger charge is 2.25. The molecule has 0 aromatic rings. The van der Waals surface area contributed by atoms with Gasteiger partial charge in [0.2, 0.25) is 0 Å². The van der Waals surface area contributed by atoms with Crippen LogP contribution in [0.5, 0.6) is 0 Å². The van der Waals surface area contributed by atoms with Gasteiger partial charge in [-0.15, -0.1) is 0 Å². The molecule has 1 aliphatic rings. The molecule has 2 N–H and O–H groups in total. The molecule has 0 aliphatic heterocycles. The van der Waals surface area contributed by atoms with Gasteiger partial charge >= 0.3 is 12.0 Å². The van der Waals surface area contributed by atoms with Crippen LogP contribution in [-0.4, -0.2) is 41.6 Å². The zero-order valence-electron chi connectivity index (χ0n) is 12.9. The van der Waals surface area contributed by atoms with Crippen LogP contribution in [0.4, 0.5) is 4.79 Å². The Morgan fingerprint density at radius 3 is 2.70 bits per heavy atom. The van der Waals surface area contributed by atoms with Crippen molar-refractivity contribution < 1.29 is 14.7 Å². The predicted molar refractivity (Wildman–Crippen MR) is 78.6 cm³/mol. The third-order valence-corrected chi connectivity index (χ3v) is 4.23. The van der Waals surface area contributed by atoms with Gasteiger partial charge in [0.25, 0.3) is 0 Å². The maximum Gasteiger partial charge on any atom is 0.317 e. The number of carbonyl (C=O) groups excluding carboxylic acids is 1. The Hall–Kier alpha value is -1.26. The minimum absolute atomic E-state index is 0.0359. The van der Waals surface area contributed by atoms with Gasteiger partial charge < -0.3 is 15.3 Å². The van der Waals surface area contributed by atoms with Crippen LogP contribution in [0.1, 0.15) is 52.4 Å². The monoisotopic (exact) mass is 284 g/mol. The first-order chi connectivity index (χ1) is 9.40. The van der Waals surface area contributed by atoms with E-state index < -0.39 is 5.97 Å². The standard InChI is InChI=1S/C15H28N2O3/c1-11-5-4-6-13(9-11)17(3)15(20)16-10-12(2)7-8-14(18)19/h11-13H,4-10H2,1-3H3,(H,16,20)(H,18,19). The van der Waals surface area contributed by atoms with Crippen LogP contribution >= 0.6 is 0 Å². The molecular formula is C15H28N2O3. The quantitative estimate of drug-likeness (QED) is 0.788. The number of hydrogen-bond donors (Lipinski definition) is 2. The average molecular weight is 284 g/mol. The summed E-state index contributed by atoms with van der Waals surface area (Å²) in [6.45, 7) is 4.75. The van der Waals surface area contributed by atoms with Crippen LogP contribution in [0, 0.1) is 11.8 Å². The van der Waals surface area contributed by atoms with Gasteiger partial charge in [0.15, 0.2) is 0 Å². The zero-order valence-corrected chi connectivity index (χ0v) is 12.9. The number of amides is 2. The van der Waals surface area contributed by atoms with Gasteiger partial charge in [-0.2, -0.15) is 0 Å². The van der Waals surface area contributed by atoms with Crippen LogP contribution in [0.25, 0.3) is 0 Å². The van der Waals surface area contributed by atoms with E-state index in [-0.39, 0.29) is 18.4 Å². The first kappa shape index (κ1) is 16.8. The summed E-state index contributed by atoms with van der Waals surface area (Å²) < 4.78 is 0. The Morgan fingerprint density at radius 1 is 1.40 bits per heavy atom. The predicted octanol–water partition coefficient (Wildman–Crippen LogP) is 2.71. The summed E-state index contributed by atoms with van der Waals surface area (Å²) in [5, 5.41) is 11.5. The Kier molecular flexibility index (Phi) is 6.82. The summed E-state index contributed by atoms with van der Waals surface area (Å²) in [4.78, 5) is 24.4. The second-order valence-corrected chi connectivity index (χ2v) is 6.26. The molecular weight excluding hydrogens is 256 g/mol. The fraction of sp³-hybridized carbons (Fsp3) is 0.867. The van der Waals surface area contributed by atoms with Crippen molar-refractivity contribution in [2.75, 3.05) is 13.6 Å². The molecule has 3 atom stereocenters. The van der Waals surface area contributed by atoms with Gasteiger partial charge in [0.1, 0.15) is 0 Å². The lowest BCUT2D eigenvalue weighted by Gasteiger charge is -2.34. The third kappa shape index (κ3) is 5.80. The van der Waals surface area contributed by atoms with Crippen molar-refractivity contribution in [2.24, 2.45) is 11.8 Å². The Morgan fingerprint density at radius 2 is 2.10 bits per heavy atom. The van der Waals surface area contributed by atoms with Gasteiger partial charge in [-0.1, -0.05) is 26.7 Å². The summed E-state index contributed by atoms with van der Waals surface area (Å²) >= 11 is 0. The molecule has 0 heterocycles. The van der Waals surface area contributed by atoms with Crippen molar-refractivity contribution in [2.45, 2.75) is 58.4 Å². The topological polar surface area (TPSA) is 69.6 Å². The number of carboxylic acid groups (broad SMARTS) is 1. The number of nitrogens with zero attached hydrogens (tertiary/aromatic N) is 1. The summed E-state index contributed by atoms with van der Waals surface area (Å²) in [5.74, 6) is 0.101. The van der Waals surface area contributed by atoms with Gasteiger partial charge in [-0.25, -0.2) is 4.79 Å². The third-order valence-electron chi connectivity index (χ3n) is 4.23. The summed E-state index contributed by atoms with van der Waals surface area (Å²) in [6.07, 6.45) is 5.38. The van der Waals surface area contributed by atoms with E-state index in [1.165, 1.54) is 12.8 Å². The van der Waals surface area contributed by atoms with E-state index in [1.54, 1.807) is 0 Å². The first-order valence-corrected chi connectivity index (χ1v) is 7.62. The van der Waals surface area contributed by atoms with Crippen LogP contribution in [-0.2, 0) is 4.79 Å². The molecule has 1 saturated carbocycles. The Labute approximate surface area is 121 Å². The van der Waals surface area contributed by atoms with E-state index >= 15 is 0 Å². The molecule has 0 aromatic heterocycles. The molecule has 20 heavy (non-hydrogen) atoms. The average Bonchev–Trinajstić information content (AvgIpc) is 2.41. The van der Waals surface area contributed by atoms with E-state index in [9.17, 15) is 9.59 Å². The minimum atomic E-state index is -0.781. The number of hydrogen-bond acceptors (Lipinski definition) is 2. The molecule has 0 aromatic carbocycles. The normalized spacial score (nSPS) is 23.9. The molecule has 0 saturated heterocycles. The highest BCUT2D eigenvalue weighted by atomic mass is 16.4. The number of nitrogens with one attached hydrogen (secondary N) is 1. The van der Waals surface area contributed by atoms with Crippen LogP contribution in [0.3, 0.4) is 0 Å². The molecule has 3 unspecified atom stereocenters. The Bertz CT molecular complexity index is 333. The van der Waals surface area contributed by atoms with Crippen LogP contribution in [0.2, 0.25) is 0 Å². The largest absolute Gasteiger partial charge is 0.481 e. The van der Waals surface area contributed by atoms with Crippen molar-refractivity contribution in [3.05, 3.63) is 0 Å². The van der Waals surface area contributed by atoms with E-state index in [1.807, 2.05) is 18.9 Å². The lowest BCUT2D eigenvalue weighted by molar-refractivity contribution is -0.137. The van der Waals surface area contributed by atoms with E-state index in [4.69, 9.17) is 5.11 Å². The summed E-state index contributed by atoms with van der Waals surface area (Å²) in [7, 11) is 1.86. The molecule has 0 spiro atoms. The molecule has 5 heteroatoms. The minimum Gasteiger partial charge on any atom is -0.481 e. The van der Waals surface area contributed by atoms with Crippen molar-refractivity contribution >= 4 is 12.0 Å². The number of aliphatic carboxylic acids is 1. The van der Waals surface area contributed by atoms with Crippen molar-refractivity contribution in [3.63, 3.8) is 0 Å². The van der Waals surface area contributed by atoms with Gasteiger partial charge in [0.05, 0.1) is 0 Å². The van der Waals surface area contributed by atoms with Crippen molar-refractivity contribution in [1.29, 1.82) is 0 Å². The smallest absolute Gasteiger partial charge is 0.317 e. The summed E-state index contributed by atoms with van der Waals surface area (Å²) in [6, 6.07) is 0.305. The van der Waals surface area contributed by atoms with Crippen molar-refractivity contribution in [1.82, 2.24) is 10.2 Å². The van der Waals surface area contributed by atoms with E-state index in [2.05, 4.69) is 12.2 Å². The molecule has 5 nitrogen and oxygen atoms in total. The summed E-state index contributed by atoms with van der Waals surface area (Å²) in [5.41, 5.74) is 0. The first-order valence-electron chi connectivity index (χ1n) is 7.62. The molecule has 2 amide bonds. The van der Waals surface area contributed by atoms with Gasteiger partial charge in [-0.3, -0.25) is 4.79 Å². The molecule has 116 valence electrons. The lowest BCUT2D eigenvalue weighted by atomic mass is 9.86. The zero-order chi connectivity index (χ0) is 15.1. The van der Waals surface area contributed by atoms with Gasteiger partial charge in [0, 0.05) is 26.1 Å². The number of urea groups is 1. The van der Waals surface area contributed by atoms with Crippen LogP contribution in [0.15, 0.2) is 0 Å². The molecule has 1 aliphatic carbocycles. The molecule has 0 bridgehead atoms. The van der Waals surface area contributed by atoms with Crippen LogP contribution < -0.4 is 5.32 Å². The molecule has 1 rings (SSSR count). The maximum atomic E-state index is 12.1. The van der Waals surface area contributed by atoms with E-state index in [0.717, 1.165) is 12.8 Å². The number of carboxylic acids is 1. The molecule has 1 fully saturated rings. The highest BCUT2D eigenvalue weighted by Crippen LogP contribution is 2.26. The second kappa shape index (κ2) is 8.12. The maximum absolute atomic E-state index is 12.1. The van der Waals surface area contributed by atoms with Crippen molar-refractivity contribution in [3.8, 4) is 0 Å². The van der Waals surface area contributed by atoms with Gasteiger partial charge in [-0.05, 0) is 31.1 Å². The fourth-order valence-corrected chi connectivity index (χ4v) is 2.78. The Balaban J connectivity index is 2.28. The number of rotatable bonds is 6. The lowest BCUT2D eigenvalue weighted by Crippen LogP contribution is -2.46.